The number of amides is 2. The molecule has 3 aromatic rings. The molecule has 1 N–H and O–H groups in total. The van der Waals surface area contributed by atoms with Crippen molar-refractivity contribution in [1.82, 2.24) is 10.2 Å². The van der Waals surface area contributed by atoms with Crippen LogP contribution in [0.25, 0.3) is 0 Å². The van der Waals surface area contributed by atoms with E-state index in [0.717, 1.165) is 28.3 Å². The number of nitrogens with zero attached hydrogens (tertiary/aromatic N) is 2. The van der Waals surface area contributed by atoms with Crippen molar-refractivity contribution in [1.29, 1.82) is 0 Å². The zero-order valence-corrected chi connectivity index (χ0v) is 25.1. The molecule has 41 heavy (non-hydrogen) atoms. The highest BCUT2D eigenvalue weighted by atomic mass is 32.2. The Labute approximate surface area is 243 Å². The summed E-state index contributed by atoms with van der Waals surface area (Å²) in [6.07, 6.45) is 1.72. The van der Waals surface area contributed by atoms with Crippen molar-refractivity contribution in [2.75, 3.05) is 31.6 Å². The van der Waals surface area contributed by atoms with Crippen molar-refractivity contribution in [3.05, 3.63) is 83.9 Å². The average Bonchev–Trinajstić information content (AvgIpc) is 2.98. The van der Waals surface area contributed by atoms with Crippen LogP contribution in [0.2, 0.25) is 0 Å². The number of nitrogens with one attached hydrogen (secondary N) is 1. The van der Waals surface area contributed by atoms with Crippen LogP contribution in [0.1, 0.15) is 37.8 Å². The monoisotopic (exact) mass is 581 g/mol. The van der Waals surface area contributed by atoms with Gasteiger partial charge in [0.1, 0.15) is 24.1 Å². The number of methoxy groups -OCH3 is 2. The first kappa shape index (κ1) is 31.5. The van der Waals surface area contributed by atoms with E-state index in [0.29, 0.717) is 12.3 Å². The predicted molar refractivity (Wildman–Crippen MR) is 160 cm³/mol. The molecule has 1 atom stereocenters. The smallest absolute Gasteiger partial charge is 0.264 e. The number of hydrogen-bond acceptors (Lipinski definition) is 6. The summed E-state index contributed by atoms with van der Waals surface area (Å²) in [7, 11) is -1.35. The molecular formula is C31H39N3O6S. The largest absolute Gasteiger partial charge is 0.497 e. The summed E-state index contributed by atoms with van der Waals surface area (Å²) in [6, 6.07) is 19.5. The molecule has 0 saturated carbocycles. The number of carbonyl (C=O) groups excluding carboxylic acids is 2. The van der Waals surface area contributed by atoms with Crippen molar-refractivity contribution in [2.45, 2.75) is 51.1 Å². The lowest BCUT2D eigenvalue weighted by Crippen LogP contribution is -2.51. The Bertz CT molecular complexity index is 1410. The third-order valence-corrected chi connectivity index (χ3v) is 8.51. The van der Waals surface area contributed by atoms with Crippen molar-refractivity contribution in [2.24, 2.45) is 0 Å². The molecule has 0 aliphatic rings. The van der Waals surface area contributed by atoms with Crippen molar-refractivity contribution < 1.29 is 27.5 Å². The number of unbranched alkanes of at least 4 members (excludes halogenated alkanes) is 1. The minimum Gasteiger partial charge on any atom is -0.497 e. The van der Waals surface area contributed by atoms with Gasteiger partial charge in [0.05, 0.1) is 24.8 Å². The number of benzene rings is 3. The Hall–Kier alpha value is -4.05. The van der Waals surface area contributed by atoms with E-state index in [2.05, 4.69) is 5.32 Å². The van der Waals surface area contributed by atoms with E-state index < -0.39 is 28.5 Å². The molecule has 10 heteroatoms. The molecule has 0 saturated heterocycles. The highest BCUT2D eigenvalue weighted by molar-refractivity contribution is 7.92. The van der Waals surface area contributed by atoms with E-state index in [1.54, 1.807) is 31.2 Å². The first-order valence-corrected chi connectivity index (χ1v) is 15.0. The topological polar surface area (TPSA) is 105 Å². The van der Waals surface area contributed by atoms with Gasteiger partial charge in [-0.1, -0.05) is 61.4 Å². The zero-order chi connectivity index (χ0) is 30.0. The molecule has 0 bridgehead atoms. The highest BCUT2D eigenvalue weighted by Gasteiger charge is 2.34. The maximum absolute atomic E-state index is 14.1. The second-order valence-corrected chi connectivity index (χ2v) is 11.6. The van der Waals surface area contributed by atoms with Crippen LogP contribution in [-0.2, 0) is 26.2 Å². The maximum Gasteiger partial charge on any atom is 0.264 e. The van der Waals surface area contributed by atoms with Crippen LogP contribution in [-0.4, -0.2) is 58.5 Å². The van der Waals surface area contributed by atoms with Gasteiger partial charge in [0.2, 0.25) is 11.8 Å². The third-order valence-electron chi connectivity index (χ3n) is 6.74. The molecule has 220 valence electrons. The SMILES string of the molecule is CCCCNC(=O)C(C)N(Cc1ccccc1)C(=O)CN(c1cc(OC)ccc1OC)S(=O)(=O)c1ccc(C)cc1. The lowest BCUT2D eigenvalue weighted by Gasteiger charge is -2.32. The van der Waals surface area contributed by atoms with E-state index in [9.17, 15) is 18.0 Å². The Morgan fingerprint density at radius 2 is 1.63 bits per heavy atom. The first-order valence-electron chi connectivity index (χ1n) is 13.5. The van der Waals surface area contributed by atoms with E-state index >= 15 is 0 Å². The summed E-state index contributed by atoms with van der Waals surface area (Å²) in [4.78, 5) is 28.6. The quantitative estimate of drug-likeness (QED) is 0.280. The van der Waals surface area contributed by atoms with E-state index in [4.69, 9.17) is 9.47 Å². The van der Waals surface area contributed by atoms with Crippen LogP contribution in [0.3, 0.4) is 0 Å². The molecule has 0 fully saturated rings. The lowest BCUT2D eigenvalue weighted by atomic mass is 10.1. The van der Waals surface area contributed by atoms with Crippen LogP contribution in [0.4, 0.5) is 5.69 Å². The van der Waals surface area contributed by atoms with Gasteiger partial charge in [-0.3, -0.25) is 13.9 Å². The van der Waals surface area contributed by atoms with Crippen molar-refractivity contribution >= 4 is 27.5 Å². The molecule has 0 radical (unpaired) electrons. The standard InChI is InChI=1S/C31H39N3O6S/c1-6-7-19-32-31(36)24(3)33(21-25-11-9-8-10-12-25)30(35)22-34(28-20-26(39-4)15-18-29(28)40-5)41(37,38)27-16-13-23(2)14-17-27/h8-18,20,24H,6-7,19,21-22H2,1-5H3,(H,32,36). The normalized spacial score (nSPS) is 11.8. The second-order valence-electron chi connectivity index (χ2n) is 9.69. The molecule has 2 amide bonds. The summed E-state index contributed by atoms with van der Waals surface area (Å²) in [5, 5.41) is 2.88. The molecular weight excluding hydrogens is 542 g/mol. The van der Waals surface area contributed by atoms with E-state index in [1.165, 1.54) is 37.3 Å². The molecule has 3 aromatic carbocycles. The average molecular weight is 582 g/mol. The van der Waals surface area contributed by atoms with E-state index in [1.807, 2.05) is 44.2 Å². The fourth-order valence-electron chi connectivity index (χ4n) is 4.24. The number of sulfonamides is 1. The van der Waals surface area contributed by atoms with Gasteiger partial charge >= 0.3 is 0 Å². The van der Waals surface area contributed by atoms with Crippen LogP contribution in [0, 0.1) is 6.92 Å². The lowest BCUT2D eigenvalue weighted by molar-refractivity contribution is -0.139. The van der Waals surface area contributed by atoms with Gasteiger partial charge in [-0.05, 0) is 50.1 Å². The fourth-order valence-corrected chi connectivity index (χ4v) is 5.66. The number of aryl methyl sites for hydroxylation is 1. The van der Waals surface area contributed by atoms with Crippen LogP contribution >= 0.6 is 0 Å². The summed E-state index contributed by atoms with van der Waals surface area (Å²) < 4.78 is 40.1. The van der Waals surface area contributed by atoms with Gasteiger partial charge in [0, 0.05) is 19.2 Å². The molecule has 1 unspecified atom stereocenters. The summed E-state index contributed by atoms with van der Waals surface area (Å²) >= 11 is 0. The minimum atomic E-state index is -4.24. The molecule has 0 spiro atoms. The van der Waals surface area contributed by atoms with Gasteiger partial charge < -0.3 is 19.7 Å². The number of carbonyl (C=O) groups is 2. The molecule has 3 rings (SSSR count). The summed E-state index contributed by atoms with van der Waals surface area (Å²) in [6.45, 7) is 5.57. The Kier molecular flexibility index (Phi) is 11.2. The number of ether oxygens (including phenoxy) is 2. The highest BCUT2D eigenvalue weighted by Crippen LogP contribution is 2.36. The first-order chi connectivity index (χ1) is 19.6. The van der Waals surface area contributed by atoms with Gasteiger partial charge in [0.15, 0.2) is 0 Å². The number of hydrogen-bond donors (Lipinski definition) is 1. The van der Waals surface area contributed by atoms with Gasteiger partial charge in [0.25, 0.3) is 10.0 Å². The predicted octanol–water partition coefficient (Wildman–Crippen LogP) is 4.54. The van der Waals surface area contributed by atoms with Crippen LogP contribution in [0.15, 0.2) is 77.7 Å². The molecule has 0 aromatic heterocycles. The van der Waals surface area contributed by atoms with Crippen LogP contribution in [0.5, 0.6) is 11.5 Å². The fraction of sp³-hybridized carbons (Fsp3) is 0.355. The van der Waals surface area contributed by atoms with Crippen LogP contribution < -0.4 is 19.1 Å². The third kappa shape index (κ3) is 8.00. The Morgan fingerprint density at radius 1 is 0.951 bits per heavy atom. The van der Waals surface area contributed by atoms with Crippen molar-refractivity contribution in [3.63, 3.8) is 0 Å². The summed E-state index contributed by atoms with van der Waals surface area (Å²) in [5.41, 5.74) is 1.84. The molecule has 0 aliphatic carbocycles. The number of rotatable bonds is 14. The molecule has 9 nitrogen and oxygen atoms in total. The number of anilines is 1. The van der Waals surface area contributed by atoms with Gasteiger partial charge in [-0.2, -0.15) is 0 Å². The van der Waals surface area contributed by atoms with Crippen molar-refractivity contribution in [3.8, 4) is 11.5 Å². The van der Waals surface area contributed by atoms with Gasteiger partial charge in [-0.25, -0.2) is 8.42 Å². The zero-order valence-electron chi connectivity index (χ0n) is 24.3. The molecule has 0 heterocycles. The molecule has 0 aliphatic heterocycles. The second kappa shape index (κ2) is 14.5. The minimum absolute atomic E-state index is 0.0146. The van der Waals surface area contributed by atoms with E-state index in [-0.39, 0.29) is 28.8 Å². The van der Waals surface area contributed by atoms with Gasteiger partial charge in [-0.15, -0.1) is 0 Å². The Balaban J connectivity index is 2.08. The summed E-state index contributed by atoms with van der Waals surface area (Å²) in [5.74, 6) is -0.224. The maximum atomic E-state index is 14.1. The Morgan fingerprint density at radius 3 is 2.24 bits per heavy atom.